The molecular formula is C37H36Cl3NO5S. The fourth-order valence-electron chi connectivity index (χ4n) is 7.15. The molecule has 0 spiro atoms. The molecule has 10 heteroatoms. The van der Waals surface area contributed by atoms with Gasteiger partial charge in [-0.15, -0.1) is 11.8 Å². The van der Waals surface area contributed by atoms with Gasteiger partial charge in [0.15, 0.2) is 0 Å². The maximum Gasteiger partial charge on any atom is 0.337 e. The van der Waals surface area contributed by atoms with Crippen molar-refractivity contribution in [3.8, 4) is 11.5 Å². The van der Waals surface area contributed by atoms with E-state index in [2.05, 4.69) is 44.4 Å². The summed E-state index contributed by atoms with van der Waals surface area (Å²) in [5.41, 5.74) is 6.52. The number of thioether (sulfide) groups is 1. The van der Waals surface area contributed by atoms with Crippen molar-refractivity contribution >= 4 is 81.9 Å². The van der Waals surface area contributed by atoms with Crippen LogP contribution >= 0.6 is 46.6 Å². The van der Waals surface area contributed by atoms with Crippen LogP contribution in [0.25, 0.3) is 17.7 Å². The molecule has 47 heavy (non-hydrogen) atoms. The molecule has 0 fully saturated rings. The van der Waals surface area contributed by atoms with E-state index in [4.69, 9.17) is 39.5 Å². The molecule has 3 aromatic rings. The summed E-state index contributed by atoms with van der Waals surface area (Å²) >= 11 is 21.5. The van der Waals surface area contributed by atoms with Gasteiger partial charge in [-0.3, -0.25) is 4.79 Å². The molecule has 0 atom stereocenters. The standard InChI is InChI=1S/C37H36Cl3NO5S/c1-18-13-25-23(15-22(18)19(2)16-37(3,4)5)27(28-29(36(44)45)30(38)32(40)35(31(28)39)47-17-26(42)43)24-14-20-9-6-7-11-41-12-8-10-21(33(20)41)34(24)46-25/h13-16H,1,6-12,17H2,2-5H3,(H,42,43)(H,44,45)/b19-16-. The molecule has 3 heterocycles. The molecule has 3 aliphatic rings. The fourth-order valence-corrected chi connectivity index (χ4v) is 9.05. The number of halogens is 3. The average molecular weight is 713 g/mol. The van der Waals surface area contributed by atoms with Gasteiger partial charge in [-0.1, -0.05) is 68.2 Å². The van der Waals surface area contributed by atoms with Crippen molar-refractivity contribution in [2.45, 2.75) is 64.7 Å². The summed E-state index contributed by atoms with van der Waals surface area (Å²) in [4.78, 5) is 27.3. The van der Waals surface area contributed by atoms with Crippen molar-refractivity contribution in [2.75, 3.05) is 23.7 Å². The molecule has 0 aliphatic carbocycles. The minimum Gasteiger partial charge on any atom is -0.481 e. The van der Waals surface area contributed by atoms with Gasteiger partial charge in [0, 0.05) is 51.2 Å². The minimum absolute atomic E-state index is 0.0317. The molecule has 246 valence electrons. The summed E-state index contributed by atoms with van der Waals surface area (Å²) in [6, 6.07) is 6.02. The van der Waals surface area contributed by atoms with Crippen LogP contribution < -0.4 is 20.1 Å². The Morgan fingerprint density at radius 3 is 2.43 bits per heavy atom. The lowest BCUT2D eigenvalue weighted by atomic mass is 9.83. The summed E-state index contributed by atoms with van der Waals surface area (Å²) in [7, 11) is 0. The highest BCUT2D eigenvalue weighted by atomic mass is 35.5. The van der Waals surface area contributed by atoms with Crippen LogP contribution in [0.5, 0.6) is 11.5 Å². The number of anilines is 1. The van der Waals surface area contributed by atoms with Gasteiger partial charge in [-0.05, 0) is 84.6 Å². The van der Waals surface area contributed by atoms with E-state index in [-0.39, 0.29) is 42.3 Å². The SMILES string of the molecule is C=c1cc2c(cc1/C(C)=C\C(C)(C)C)=C(c1c(Cl)c(SCC(=O)O)c(Cl)c(Cl)c1C(=O)O)c1cc3c4c(c1O2)CCCN4CCCC3. The van der Waals surface area contributed by atoms with Crippen LogP contribution in [0.4, 0.5) is 5.69 Å². The molecule has 3 aromatic carbocycles. The van der Waals surface area contributed by atoms with E-state index in [9.17, 15) is 19.8 Å². The number of carboxylic acids is 2. The van der Waals surface area contributed by atoms with E-state index in [1.165, 1.54) is 11.3 Å². The van der Waals surface area contributed by atoms with Crippen molar-refractivity contribution in [3.05, 3.63) is 83.2 Å². The Kier molecular flexibility index (Phi) is 9.16. The molecule has 6 rings (SSSR count). The summed E-state index contributed by atoms with van der Waals surface area (Å²) in [6.45, 7) is 14.7. The minimum atomic E-state index is -1.30. The summed E-state index contributed by atoms with van der Waals surface area (Å²) in [6.07, 6.45) is 6.95. The highest BCUT2D eigenvalue weighted by molar-refractivity contribution is 8.00. The number of aliphatic carboxylic acids is 1. The molecule has 0 amide bonds. The topological polar surface area (TPSA) is 87.1 Å². The molecule has 0 saturated carbocycles. The van der Waals surface area contributed by atoms with Gasteiger partial charge >= 0.3 is 11.9 Å². The van der Waals surface area contributed by atoms with E-state index >= 15 is 0 Å². The first-order valence-corrected chi connectivity index (χ1v) is 17.8. The van der Waals surface area contributed by atoms with Crippen LogP contribution in [0.3, 0.4) is 0 Å². The van der Waals surface area contributed by atoms with Gasteiger partial charge in [-0.2, -0.15) is 0 Å². The van der Waals surface area contributed by atoms with Gasteiger partial charge in [0.25, 0.3) is 0 Å². The Labute approximate surface area is 293 Å². The lowest BCUT2D eigenvalue weighted by Crippen LogP contribution is -2.31. The van der Waals surface area contributed by atoms with Crippen molar-refractivity contribution in [2.24, 2.45) is 5.41 Å². The molecule has 0 aromatic heterocycles. The summed E-state index contributed by atoms with van der Waals surface area (Å²) in [5, 5.41) is 21.3. The Morgan fingerprint density at radius 2 is 1.74 bits per heavy atom. The summed E-state index contributed by atoms with van der Waals surface area (Å²) < 4.78 is 6.82. The molecule has 0 saturated heterocycles. The van der Waals surface area contributed by atoms with Gasteiger partial charge < -0.3 is 19.8 Å². The van der Waals surface area contributed by atoms with Crippen LogP contribution in [0.2, 0.25) is 15.1 Å². The van der Waals surface area contributed by atoms with Crippen molar-refractivity contribution in [1.82, 2.24) is 0 Å². The Hall–Kier alpha value is -3.10. The fraction of sp³-hybridized carbons (Fsp3) is 0.351. The van der Waals surface area contributed by atoms with Gasteiger partial charge in [0.05, 0.1) is 26.4 Å². The number of benzene rings is 3. The number of carboxylic acid groups (broad SMARTS) is 2. The van der Waals surface area contributed by atoms with Gasteiger partial charge in [0.1, 0.15) is 11.5 Å². The Balaban J connectivity index is 1.80. The van der Waals surface area contributed by atoms with E-state index in [0.717, 1.165) is 84.4 Å². The van der Waals surface area contributed by atoms with Crippen LogP contribution in [0.1, 0.15) is 85.1 Å². The Bertz CT molecular complexity index is 2010. The number of hydrogen-bond donors (Lipinski definition) is 2. The third kappa shape index (κ3) is 6.16. The number of aryl methyl sites for hydroxylation is 1. The Morgan fingerprint density at radius 1 is 1.02 bits per heavy atom. The highest BCUT2D eigenvalue weighted by Gasteiger charge is 2.36. The van der Waals surface area contributed by atoms with E-state index in [1.54, 1.807) is 0 Å². The molecule has 2 N–H and O–H groups in total. The van der Waals surface area contributed by atoms with Crippen LogP contribution in [0.15, 0.2) is 29.2 Å². The first-order valence-electron chi connectivity index (χ1n) is 15.7. The third-order valence-electron chi connectivity index (χ3n) is 8.84. The average Bonchev–Trinajstić information content (AvgIpc) is 3.19. The number of nitrogens with zero attached hydrogens (tertiary/aromatic N) is 1. The normalized spacial score (nSPS) is 15.8. The van der Waals surface area contributed by atoms with Crippen molar-refractivity contribution < 1.29 is 24.5 Å². The van der Waals surface area contributed by atoms with Gasteiger partial charge in [0.2, 0.25) is 0 Å². The summed E-state index contributed by atoms with van der Waals surface area (Å²) in [5.74, 6) is -1.51. The molecule has 0 radical (unpaired) electrons. The van der Waals surface area contributed by atoms with Gasteiger partial charge in [-0.25, -0.2) is 4.79 Å². The largest absolute Gasteiger partial charge is 0.481 e. The third-order valence-corrected chi connectivity index (χ3v) is 11.4. The van der Waals surface area contributed by atoms with Crippen LogP contribution in [-0.2, 0) is 17.6 Å². The number of fused-ring (bicyclic) bond motifs is 3. The zero-order valence-electron chi connectivity index (χ0n) is 26.8. The number of aromatic carboxylic acids is 1. The molecule has 3 aliphatic heterocycles. The predicted octanol–water partition coefficient (Wildman–Crippen LogP) is 8.82. The lowest BCUT2D eigenvalue weighted by Gasteiger charge is -2.35. The second-order valence-electron chi connectivity index (χ2n) is 13.5. The van der Waals surface area contributed by atoms with Crippen molar-refractivity contribution in [1.29, 1.82) is 0 Å². The van der Waals surface area contributed by atoms with E-state index in [0.29, 0.717) is 22.3 Å². The second-order valence-corrected chi connectivity index (χ2v) is 15.6. The van der Waals surface area contributed by atoms with Crippen LogP contribution in [0, 0.1) is 5.41 Å². The zero-order chi connectivity index (χ0) is 33.9. The number of rotatable bonds is 6. The van der Waals surface area contributed by atoms with Crippen molar-refractivity contribution in [3.63, 3.8) is 0 Å². The monoisotopic (exact) mass is 711 g/mol. The number of hydrogen-bond acceptors (Lipinski definition) is 5. The molecule has 0 unspecified atom stereocenters. The second kappa shape index (κ2) is 12.7. The number of carbonyl (C=O) groups is 2. The lowest BCUT2D eigenvalue weighted by molar-refractivity contribution is -0.133. The van der Waals surface area contributed by atoms with E-state index in [1.807, 2.05) is 19.1 Å². The number of ether oxygens (including phenoxy) is 1. The highest BCUT2D eigenvalue weighted by Crippen LogP contribution is 2.52. The first-order chi connectivity index (χ1) is 22.2. The molecule has 6 nitrogen and oxygen atoms in total. The molecule has 0 bridgehead atoms. The maximum absolute atomic E-state index is 13.1. The quantitative estimate of drug-likeness (QED) is 0.153. The maximum atomic E-state index is 13.1. The molecular weight excluding hydrogens is 677 g/mol. The smallest absolute Gasteiger partial charge is 0.337 e. The first kappa shape index (κ1) is 33.8. The van der Waals surface area contributed by atoms with Crippen LogP contribution in [-0.4, -0.2) is 41.0 Å². The van der Waals surface area contributed by atoms with E-state index < -0.39 is 11.9 Å². The number of allylic oxidation sites excluding steroid dienone is 2. The predicted molar refractivity (Wildman–Crippen MR) is 193 cm³/mol. The zero-order valence-corrected chi connectivity index (χ0v) is 29.9.